The first-order valence-electron chi connectivity index (χ1n) is 7.30. The van der Waals surface area contributed by atoms with Gasteiger partial charge in [0.05, 0.1) is 0 Å². The molecule has 17 heavy (non-hydrogen) atoms. The molecule has 0 radical (unpaired) electrons. The summed E-state index contributed by atoms with van der Waals surface area (Å²) < 4.78 is 0. The second-order valence-corrected chi connectivity index (χ2v) is 6.60. The van der Waals surface area contributed by atoms with E-state index in [0.717, 1.165) is 18.3 Å². The monoisotopic (exact) mass is 231 g/mol. The number of allylic oxidation sites excluding steroid dienone is 2. The zero-order valence-corrected chi connectivity index (χ0v) is 10.3. The molecule has 4 aliphatic rings. The SMILES string of the molecule is O=C(NC(C1CC1)C1CC1)[C@@H]1C[C@H]2C=C[C@H]1C2. The molecular formula is C15H21NO. The first kappa shape index (κ1) is 10.2. The van der Waals surface area contributed by atoms with Gasteiger partial charge in [-0.2, -0.15) is 0 Å². The highest BCUT2D eigenvalue weighted by atomic mass is 16.2. The van der Waals surface area contributed by atoms with Gasteiger partial charge in [0.1, 0.15) is 0 Å². The van der Waals surface area contributed by atoms with Gasteiger partial charge in [0.15, 0.2) is 0 Å². The molecule has 0 spiro atoms. The van der Waals surface area contributed by atoms with E-state index in [4.69, 9.17) is 0 Å². The lowest BCUT2D eigenvalue weighted by molar-refractivity contribution is -0.126. The Morgan fingerprint density at radius 1 is 1.06 bits per heavy atom. The Kier molecular flexibility index (Phi) is 2.15. The molecule has 1 N–H and O–H groups in total. The van der Waals surface area contributed by atoms with Crippen molar-refractivity contribution in [3.63, 3.8) is 0 Å². The third-order valence-corrected chi connectivity index (χ3v) is 5.18. The maximum atomic E-state index is 12.4. The summed E-state index contributed by atoms with van der Waals surface area (Å²) in [5, 5.41) is 3.39. The molecular weight excluding hydrogens is 210 g/mol. The topological polar surface area (TPSA) is 29.1 Å². The van der Waals surface area contributed by atoms with Gasteiger partial charge in [-0.15, -0.1) is 0 Å². The third kappa shape index (κ3) is 1.82. The van der Waals surface area contributed by atoms with Gasteiger partial charge in [0.2, 0.25) is 5.91 Å². The molecule has 3 fully saturated rings. The molecule has 92 valence electrons. The Balaban J connectivity index is 1.41. The van der Waals surface area contributed by atoms with Crippen LogP contribution in [0.3, 0.4) is 0 Å². The van der Waals surface area contributed by atoms with Gasteiger partial charge in [-0.1, -0.05) is 12.2 Å². The van der Waals surface area contributed by atoms with Crippen LogP contribution in [-0.4, -0.2) is 11.9 Å². The summed E-state index contributed by atoms with van der Waals surface area (Å²) in [4.78, 5) is 12.4. The third-order valence-electron chi connectivity index (χ3n) is 5.18. The largest absolute Gasteiger partial charge is 0.353 e. The molecule has 0 heterocycles. The number of nitrogens with one attached hydrogen (secondary N) is 1. The molecule has 0 aromatic heterocycles. The van der Waals surface area contributed by atoms with Crippen LogP contribution in [0.4, 0.5) is 0 Å². The summed E-state index contributed by atoms with van der Waals surface area (Å²) in [6.45, 7) is 0. The van der Waals surface area contributed by atoms with Gasteiger partial charge in [-0.25, -0.2) is 0 Å². The zero-order valence-electron chi connectivity index (χ0n) is 10.3. The van der Waals surface area contributed by atoms with E-state index in [2.05, 4.69) is 17.5 Å². The van der Waals surface area contributed by atoms with Gasteiger partial charge in [0, 0.05) is 12.0 Å². The Labute approximate surface area is 103 Å². The molecule has 4 rings (SSSR count). The Hall–Kier alpha value is -0.790. The summed E-state index contributed by atoms with van der Waals surface area (Å²) in [5.41, 5.74) is 0. The summed E-state index contributed by atoms with van der Waals surface area (Å²) in [6, 6.07) is 0.533. The molecule has 0 aromatic rings. The first-order valence-corrected chi connectivity index (χ1v) is 7.30. The van der Waals surface area contributed by atoms with Gasteiger partial charge in [-0.05, 0) is 62.2 Å². The van der Waals surface area contributed by atoms with Crippen LogP contribution in [0.15, 0.2) is 12.2 Å². The van der Waals surface area contributed by atoms with Crippen molar-refractivity contribution in [1.82, 2.24) is 5.32 Å². The van der Waals surface area contributed by atoms with Gasteiger partial charge in [-0.3, -0.25) is 4.79 Å². The Bertz CT molecular complexity index is 355. The number of rotatable bonds is 4. The second kappa shape index (κ2) is 3.60. The highest BCUT2D eigenvalue weighted by Crippen LogP contribution is 2.46. The predicted molar refractivity (Wildman–Crippen MR) is 66.2 cm³/mol. The number of fused-ring (bicyclic) bond motifs is 2. The molecule has 4 aliphatic carbocycles. The Morgan fingerprint density at radius 2 is 1.76 bits per heavy atom. The minimum Gasteiger partial charge on any atom is -0.353 e. The number of hydrogen-bond donors (Lipinski definition) is 1. The molecule has 0 aliphatic heterocycles. The van der Waals surface area contributed by atoms with Crippen molar-refractivity contribution < 1.29 is 4.79 Å². The highest BCUT2D eigenvalue weighted by Gasteiger charge is 2.45. The summed E-state index contributed by atoms with van der Waals surface area (Å²) in [7, 11) is 0. The van der Waals surface area contributed by atoms with Gasteiger partial charge in [0.25, 0.3) is 0 Å². The van der Waals surface area contributed by atoms with Crippen molar-refractivity contribution in [2.45, 2.75) is 44.6 Å². The lowest BCUT2D eigenvalue weighted by Gasteiger charge is -2.23. The fourth-order valence-corrected chi connectivity index (χ4v) is 3.88. The fraction of sp³-hybridized carbons (Fsp3) is 0.800. The van der Waals surface area contributed by atoms with Crippen LogP contribution in [-0.2, 0) is 4.79 Å². The van der Waals surface area contributed by atoms with Crippen molar-refractivity contribution in [3.8, 4) is 0 Å². The van der Waals surface area contributed by atoms with E-state index in [0.29, 0.717) is 29.7 Å². The van der Waals surface area contributed by atoms with Crippen LogP contribution < -0.4 is 5.32 Å². The molecule has 2 heteroatoms. The summed E-state index contributed by atoms with van der Waals surface area (Å²) in [6.07, 6.45) is 12.3. The molecule has 1 amide bonds. The molecule has 0 unspecified atom stereocenters. The maximum absolute atomic E-state index is 12.4. The normalized spacial score (nSPS) is 39.0. The summed E-state index contributed by atoms with van der Waals surface area (Å²) in [5.74, 6) is 3.56. The van der Waals surface area contributed by atoms with Crippen LogP contribution in [0.1, 0.15) is 38.5 Å². The van der Waals surface area contributed by atoms with E-state index in [-0.39, 0.29) is 0 Å². The average molecular weight is 231 g/mol. The molecule has 2 nitrogen and oxygen atoms in total. The zero-order chi connectivity index (χ0) is 11.4. The smallest absolute Gasteiger partial charge is 0.223 e. The van der Waals surface area contributed by atoms with Crippen LogP contribution in [0.25, 0.3) is 0 Å². The van der Waals surface area contributed by atoms with E-state index >= 15 is 0 Å². The van der Waals surface area contributed by atoms with Crippen molar-refractivity contribution in [3.05, 3.63) is 12.2 Å². The van der Waals surface area contributed by atoms with E-state index in [1.807, 2.05) is 0 Å². The average Bonchev–Trinajstić information content (AvgIpc) is 3.26. The van der Waals surface area contributed by atoms with Gasteiger partial charge >= 0.3 is 0 Å². The van der Waals surface area contributed by atoms with Crippen LogP contribution in [0, 0.1) is 29.6 Å². The minimum atomic E-state index is 0.296. The summed E-state index contributed by atoms with van der Waals surface area (Å²) >= 11 is 0. The minimum absolute atomic E-state index is 0.296. The maximum Gasteiger partial charge on any atom is 0.223 e. The number of carbonyl (C=O) groups is 1. The van der Waals surface area contributed by atoms with E-state index < -0.39 is 0 Å². The molecule has 3 saturated carbocycles. The standard InChI is InChI=1S/C15H21NO/c17-15(13-8-9-1-2-12(13)7-9)16-14(10-3-4-10)11-5-6-11/h1-2,9-14H,3-8H2,(H,16,17)/t9-,12-,13+/m0/s1. The van der Waals surface area contributed by atoms with Crippen molar-refractivity contribution in [2.75, 3.05) is 0 Å². The van der Waals surface area contributed by atoms with E-state index in [1.165, 1.54) is 32.1 Å². The molecule has 0 aromatic carbocycles. The molecule has 2 bridgehead atoms. The van der Waals surface area contributed by atoms with Crippen LogP contribution in [0.2, 0.25) is 0 Å². The molecule has 3 atom stereocenters. The highest BCUT2D eigenvalue weighted by molar-refractivity contribution is 5.80. The quantitative estimate of drug-likeness (QED) is 0.740. The number of hydrogen-bond acceptors (Lipinski definition) is 1. The van der Waals surface area contributed by atoms with Crippen LogP contribution in [0.5, 0.6) is 0 Å². The fourth-order valence-electron chi connectivity index (χ4n) is 3.88. The lowest BCUT2D eigenvalue weighted by atomic mass is 9.92. The number of amides is 1. The van der Waals surface area contributed by atoms with E-state index in [1.54, 1.807) is 0 Å². The predicted octanol–water partition coefficient (Wildman–Crippen LogP) is 2.50. The second-order valence-electron chi connectivity index (χ2n) is 6.60. The van der Waals surface area contributed by atoms with Crippen molar-refractivity contribution >= 4 is 5.91 Å². The van der Waals surface area contributed by atoms with Crippen LogP contribution >= 0.6 is 0 Å². The lowest BCUT2D eigenvalue weighted by Crippen LogP contribution is -2.42. The van der Waals surface area contributed by atoms with Crippen molar-refractivity contribution in [1.29, 1.82) is 0 Å². The first-order chi connectivity index (χ1) is 8.31. The van der Waals surface area contributed by atoms with Gasteiger partial charge < -0.3 is 5.32 Å². The van der Waals surface area contributed by atoms with E-state index in [9.17, 15) is 4.79 Å². The van der Waals surface area contributed by atoms with Crippen molar-refractivity contribution in [2.24, 2.45) is 29.6 Å². The molecule has 0 saturated heterocycles. The number of carbonyl (C=O) groups excluding carboxylic acids is 1. The Morgan fingerprint density at radius 3 is 2.24 bits per heavy atom.